The number of likely N-dealkylation sites (N-methyl/N-ethyl adjacent to an activating group) is 1. The Bertz CT molecular complexity index is 406. The lowest BCUT2D eigenvalue weighted by atomic mass is 10.4. The maximum absolute atomic E-state index is 4.59. The summed E-state index contributed by atoms with van der Waals surface area (Å²) in [4.78, 5) is 11.5. The van der Waals surface area contributed by atoms with Crippen LogP contribution in [-0.2, 0) is 0 Å². The highest BCUT2D eigenvalue weighted by molar-refractivity contribution is 9.10. The molecule has 1 aliphatic rings. The second-order valence-electron chi connectivity index (χ2n) is 5.07. The molecule has 0 unspecified atom stereocenters. The first-order chi connectivity index (χ1) is 9.22. The number of hydrogen-bond acceptors (Lipinski definition) is 4. The Morgan fingerprint density at radius 1 is 1.32 bits per heavy atom. The molecule has 1 heterocycles. The minimum absolute atomic E-state index is 0.588. The van der Waals surface area contributed by atoms with Gasteiger partial charge in [0.25, 0.3) is 0 Å². The van der Waals surface area contributed by atoms with E-state index in [9.17, 15) is 0 Å². The van der Waals surface area contributed by atoms with Crippen LogP contribution in [0.25, 0.3) is 0 Å². The van der Waals surface area contributed by atoms with Gasteiger partial charge >= 0.3 is 0 Å². The topological polar surface area (TPSA) is 41.0 Å². The van der Waals surface area contributed by atoms with Gasteiger partial charge < -0.3 is 10.2 Å². The predicted octanol–water partition coefficient (Wildman–Crippen LogP) is 3.26. The average Bonchev–Trinajstić information content (AvgIpc) is 3.21. The molecule has 1 N–H and O–H groups in total. The average molecular weight is 327 g/mol. The van der Waals surface area contributed by atoms with Gasteiger partial charge in [-0.25, -0.2) is 9.97 Å². The lowest BCUT2D eigenvalue weighted by Gasteiger charge is -2.19. The molecule has 106 valence electrons. The van der Waals surface area contributed by atoms with E-state index in [1.165, 1.54) is 25.8 Å². The summed E-state index contributed by atoms with van der Waals surface area (Å²) in [5, 5.41) is 3.41. The molecule has 0 aromatic carbocycles. The van der Waals surface area contributed by atoms with Crippen LogP contribution in [0.3, 0.4) is 0 Å². The lowest BCUT2D eigenvalue weighted by Crippen LogP contribution is -2.29. The standard InChI is InChI=1S/C14H23BrN4/c1-3-8-19(4-2)9-7-16-13-10-12(15)17-14(18-13)11-5-6-11/h10-11H,3-9H2,1-2H3,(H,16,17,18). The zero-order valence-electron chi connectivity index (χ0n) is 11.8. The third-order valence-electron chi connectivity index (χ3n) is 3.38. The van der Waals surface area contributed by atoms with Gasteiger partial charge in [-0.3, -0.25) is 0 Å². The van der Waals surface area contributed by atoms with E-state index in [2.05, 4.69) is 50.0 Å². The summed E-state index contributed by atoms with van der Waals surface area (Å²) in [7, 11) is 0. The molecule has 0 saturated heterocycles. The quantitative estimate of drug-likeness (QED) is 0.744. The second kappa shape index (κ2) is 7.20. The molecule has 0 spiro atoms. The highest BCUT2D eigenvalue weighted by atomic mass is 79.9. The minimum atomic E-state index is 0.588. The minimum Gasteiger partial charge on any atom is -0.369 e. The third kappa shape index (κ3) is 4.73. The molecular formula is C14H23BrN4. The number of anilines is 1. The molecule has 1 aliphatic carbocycles. The number of nitrogens with one attached hydrogen (secondary N) is 1. The van der Waals surface area contributed by atoms with Gasteiger partial charge in [-0.1, -0.05) is 13.8 Å². The van der Waals surface area contributed by atoms with E-state index in [1.807, 2.05) is 6.07 Å². The van der Waals surface area contributed by atoms with E-state index in [-0.39, 0.29) is 0 Å². The Labute approximate surface area is 124 Å². The molecule has 19 heavy (non-hydrogen) atoms. The molecular weight excluding hydrogens is 304 g/mol. The van der Waals surface area contributed by atoms with E-state index in [0.29, 0.717) is 5.92 Å². The Hall–Kier alpha value is -0.680. The molecule has 5 heteroatoms. The molecule has 1 aromatic rings. The van der Waals surface area contributed by atoms with Crippen molar-refractivity contribution in [2.75, 3.05) is 31.5 Å². The highest BCUT2D eigenvalue weighted by Gasteiger charge is 2.27. The number of halogens is 1. The first-order valence-corrected chi connectivity index (χ1v) is 8.03. The fourth-order valence-corrected chi connectivity index (χ4v) is 2.53. The fourth-order valence-electron chi connectivity index (χ4n) is 2.14. The van der Waals surface area contributed by atoms with Crippen molar-refractivity contribution in [1.82, 2.24) is 14.9 Å². The van der Waals surface area contributed by atoms with Gasteiger partial charge in [-0.15, -0.1) is 0 Å². The number of rotatable bonds is 8. The summed E-state index contributed by atoms with van der Waals surface area (Å²) < 4.78 is 0.882. The van der Waals surface area contributed by atoms with Crippen molar-refractivity contribution in [2.45, 2.75) is 39.0 Å². The van der Waals surface area contributed by atoms with Crippen molar-refractivity contribution in [2.24, 2.45) is 0 Å². The van der Waals surface area contributed by atoms with Crippen LogP contribution < -0.4 is 5.32 Å². The van der Waals surface area contributed by atoms with Crippen molar-refractivity contribution in [3.63, 3.8) is 0 Å². The summed E-state index contributed by atoms with van der Waals surface area (Å²) in [6, 6.07) is 1.96. The van der Waals surface area contributed by atoms with E-state index < -0.39 is 0 Å². The summed E-state index contributed by atoms with van der Waals surface area (Å²) >= 11 is 3.47. The van der Waals surface area contributed by atoms with Crippen molar-refractivity contribution in [3.05, 3.63) is 16.5 Å². The normalized spacial score (nSPS) is 14.9. The zero-order valence-corrected chi connectivity index (χ0v) is 13.4. The van der Waals surface area contributed by atoms with Crippen LogP contribution in [0, 0.1) is 0 Å². The summed E-state index contributed by atoms with van der Waals surface area (Å²) in [5.41, 5.74) is 0. The van der Waals surface area contributed by atoms with Crippen LogP contribution in [0.15, 0.2) is 10.7 Å². The van der Waals surface area contributed by atoms with Crippen molar-refractivity contribution in [3.8, 4) is 0 Å². The first kappa shape index (κ1) is 14.7. The molecule has 0 amide bonds. The van der Waals surface area contributed by atoms with E-state index in [0.717, 1.165) is 35.9 Å². The van der Waals surface area contributed by atoms with Crippen LogP contribution >= 0.6 is 15.9 Å². The summed E-state index contributed by atoms with van der Waals surface area (Å²) in [6.45, 7) is 8.70. The predicted molar refractivity (Wildman–Crippen MR) is 82.6 cm³/mol. The zero-order chi connectivity index (χ0) is 13.7. The Balaban J connectivity index is 1.85. The van der Waals surface area contributed by atoms with Crippen LogP contribution in [0.1, 0.15) is 44.9 Å². The smallest absolute Gasteiger partial charge is 0.135 e. The monoisotopic (exact) mass is 326 g/mol. The van der Waals surface area contributed by atoms with Gasteiger partial charge in [0.2, 0.25) is 0 Å². The second-order valence-corrected chi connectivity index (χ2v) is 5.88. The van der Waals surface area contributed by atoms with E-state index in [1.54, 1.807) is 0 Å². The van der Waals surface area contributed by atoms with Gasteiger partial charge in [0.1, 0.15) is 16.2 Å². The first-order valence-electron chi connectivity index (χ1n) is 7.23. The van der Waals surface area contributed by atoms with Crippen LogP contribution in [-0.4, -0.2) is 41.0 Å². The Morgan fingerprint density at radius 2 is 2.11 bits per heavy atom. The molecule has 2 rings (SSSR count). The number of nitrogens with zero attached hydrogens (tertiary/aromatic N) is 3. The molecule has 0 aliphatic heterocycles. The fraction of sp³-hybridized carbons (Fsp3) is 0.714. The van der Waals surface area contributed by atoms with Crippen LogP contribution in [0.4, 0.5) is 5.82 Å². The molecule has 4 nitrogen and oxygen atoms in total. The number of aromatic nitrogens is 2. The van der Waals surface area contributed by atoms with Crippen molar-refractivity contribution < 1.29 is 0 Å². The third-order valence-corrected chi connectivity index (χ3v) is 3.78. The van der Waals surface area contributed by atoms with Gasteiger partial charge in [-0.2, -0.15) is 0 Å². The molecule has 1 fully saturated rings. The van der Waals surface area contributed by atoms with Gasteiger partial charge in [0.05, 0.1) is 0 Å². The summed E-state index contributed by atoms with van der Waals surface area (Å²) in [5.74, 6) is 2.51. The van der Waals surface area contributed by atoms with Gasteiger partial charge in [0, 0.05) is 25.1 Å². The SMILES string of the molecule is CCCN(CC)CCNc1cc(Br)nc(C2CC2)n1. The molecule has 0 atom stereocenters. The maximum Gasteiger partial charge on any atom is 0.135 e. The lowest BCUT2D eigenvalue weighted by molar-refractivity contribution is 0.300. The van der Waals surface area contributed by atoms with Crippen molar-refractivity contribution in [1.29, 1.82) is 0 Å². The maximum atomic E-state index is 4.59. The summed E-state index contributed by atoms with van der Waals surface area (Å²) in [6.07, 6.45) is 3.67. The van der Waals surface area contributed by atoms with E-state index >= 15 is 0 Å². The molecule has 0 bridgehead atoms. The molecule has 1 saturated carbocycles. The van der Waals surface area contributed by atoms with E-state index in [4.69, 9.17) is 0 Å². The van der Waals surface area contributed by atoms with Crippen molar-refractivity contribution >= 4 is 21.7 Å². The largest absolute Gasteiger partial charge is 0.369 e. The van der Waals surface area contributed by atoms with Crippen LogP contribution in [0.2, 0.25) is 0 Å². The Kier molecular flexibility index (Phi) is 5.58. The molecule has 1 aromatic heterocycles. The van der Waals surface area contributed by atoms with Gasteiger partial charge in [-0.05, 0) is 48.3 Å². The highest BCUT2D eigenvalue weighted by Crippen LogP contribution is 2.38. The van der Waals surface area contributed by atoms with Crippen LogP contribution in [0.5, 0.6) is 0 Å². The number of hydrogen-bond donors (Lipinski definition) is 1. The molecule has 0 radical (unpaired) electrons. The Morgan fingerprint density at radius 3 is 2.74 bits per heavy atom. The van der Waals surface area contributed by atoms with Gasteiger partial charge in [0.15, 0.2) is 0 Å².